The Morgan fingerprint density at radius 1 is 0.775 bits per heavy atom. The van der Waals surface area contributed by atoms with Crippen LogP contribution < -0.4 is 25.7 Å². The lowest BCUT2D eigenvalue weighted by Gasteiger charge is -2.13. The number of fused-ring (bicyclic) bond motifs is 1. The molecule has 0 aliphatic carbocycles. The van der Waals surface area contributed by atoms with Gasteiger partial charge in [0.05, 0.1) is 18.4 Å². The van der Waals surface area contributed by atoms with E-state index in [1.165, 1.54) is 10.8 Å². The number of para-hydroxylation sites is 1. The van der Waals surface area contributed by atoms with Crippen molar-refractivity contribution in [3.63, 3.8) is 0 Å². The van der Waals surface area contributed by atoms with Crippen LogP contribution in [0.3, 0.4) is 0 Å². The van der Waals surface area contributed by atoms with Crippen LogP contribution in [0.1, 0.15) is 16.8 Å². The summed E-state index contributed by atoms with van der Waals surface area (Å²) >= 11 is 0. The predicted molar refractivity (Wildman–Crippen MR) is 155 cm³/mol. The van der Waals surface area contributed by atoms with Crippen molar-refractivity contribution in [2.24, 2.45) is 0 Å². The molecule has 0 bridgehead atoms. The number of anilines is 1. The van der Waals surface area contributed by atoms with Gasteiger partial charge < -0.3 is 20.1 Å². The minimum Gasteiger partial charge on any atom is -0.497 e. The molecule has 4 aromatic carbocycles. The van der Waals surface area contributed by atoms with E-state index in [9.17, 15) is 14.4 Å². The van der Waals surface area contributed by atoms with Gasteiger partial charge in [-0.3, -0.25) is 19.0 Å². The van der Waals surface area contributed by atoms with E-state index in [1.807, 2.05) is 30.3 Å². The third-order valence-corrected chi connectivity index (χ3v) is 6.26. The number of nitrogens with one attached hydrogen (secondary N) is 2. The van der Waals surface area contributed by atoms with Crippen molar-refractivity contribution in [1.82, 2.24) is 9.88 Å². The van der Waals surface area contributed by atoms with Crippen LogP contribution in [0.2, 0.25) is 0 Å². The van der Waals surface area contributed by atoms with Gasteiger partial charge in [-0.05, 0) is 54.6 Å². The van der Waals surface area contributed by atoms with Crippen molar-refractivity contribution in [2.75, 3.05) is 19.0 Å². The van der Waals surface area contributed by atoms with Gasteiger partial charge in [-0.15, -0.1) is 0 Å². The Balaban J connectivity index is 1.24. The molecule has 0 unspecified atom stereocenters. The number of hydrogen-bond donors (Lipinski definition) is 2. The lowest BCUT2D eigenvalue weighted by molar-refractivity contribution is -0.116. The molecule has 40 heavy (non-hydrogen) atoms. The minimum atomic E-state index is -0.386. The van der Waals surface area contributed by atoms with Crippen molar-refractivity contribution < 1.29 is 19.1 Å². The maximum atomic E-state index is 13.2. The van der Waals surface area contributed by atoms with E-state index in [2.05, 4.69) is 10.6 Å². The molecule has 0 spiro atoms. The molecule has 1 aromatic heterocycles. The van der Waals surface area contributed by atoms with Gasteiger partial charge in [0.1, 0.15) is 17.2 Å². The molecule has 5 aromatic rings. The minimum absolute atomic E-state index is 0.0709. The maximum absolute atomic E-state index is 13.2. The number of hydrogen-bond acceptors (Lipinski definition) is 5. The molecule has 0 fully saturated rings. The summed E-state index contributed by atoms with van der Waals surface area (Å²) in [6, 6.07) is 30.5. The smallest absolute Gasteiger partial charge is 0.262 e. The van der Waals surface area contributed by atoms with E-state index in [-0.39, 0.29) is 30.3 Å². The number of pyridine rings is 1. The first-order valence-electron chi connectivity index (χ1n) is 12.7. The average Bonchev–Trinajstić information content (AvgIpc) is 2.99. The van der Waals surface area contributed by atoms with Gasteiger partial charge in [0.25, 0.3) is 11.5 Å². The maximum Gasteiger partial charge on any atom is 0.262 e. The van der Waals surface area contributed by atoms with Gasteiger partial charge in [-0.25, -0.2) is 0 Å². The Hall–Kier alpha value is -5.37. The largest absolute Gasteiger partial charge is 0.497 e. The first-order chi connectivity index (χ1) is 19.5. The number of benzene rings is 4. The van der Waals surface area contributed by atoms with Crippen molar-refractivity contribution in [2.45, 2.75) is 6.42 Å². The van der Waals surface area contributed by atoms with Gasteiger partial charge >= 0.3 is 0 Å². The van der Waals surface area contributed by atoms with Crippen molar-refractivity contribution >= 4 is 28.3 Å². The van der Waals surface area contributed by atoms with Crippen LogP contribution in [0.25, 0.3) is 16.5 Å². The van der Waals surface area contributed by atoms with Crippen LogP contribution in [0, 0.1) is 0 Å². The SMILES string of the molecule is COc1cccc(-n2cc(C(=O)NCCC(=O)Nc3ccc(Oc4ccccc4)cc3)c3ccccc3c2=O)c1. The van der Waals surface area contributed by atoms with Crippen LogP contribution in [-0.4, -0.2) is 30.0 Å². The van der Waals surface area contributed by atoms with E-state index < -0.39 is 0 Å². The summed E-state index contributed by atoms with van der Waals surface area (Å²) in [5, 5.41) is 6.57. The zero-order valence-electron chi connectivity index (χ0n) is 21.8. The summed E-state index contributed by atoms with van der Waals surface area (Å²) < 4.78 is 12.5. The van der Waals surface area contributed by atoms with Crippen LogP contribution in [0.15, 0.2) is 114 Å². The molecule has 0 saturated heterocycles. The number of aromatic nitrogens is 1. The lowest BCUT2D eigenvalue weighted by atomic mass is 10.1. The van der Waals surface area contributed by atoms with E-state index in [0.29, 0.717) is 39.2 Å². The van der Waals surface area contributed by atoms with Gasteiger partial charge in [-0.2, -0.15) is 0 Å². The second-order valence-electron chi connectivity index (χ2n) is 8.96. The Bertz CT molecular complexity index is 1710. The second kappa shape index (κ2) is 12.0. The first kappa shape index (κ1) is 26.2. The van der Waals surface area contributed by atoms with Crippen molar-refractivity contribution in [1.29, 1.82) is 0 Å². The predicted octanol–water partition coefficient (Wildman–Crippen LogP) is 5.55. The van der Waals surface area contributed by atoms with Crippen LogP contribution in [0.4, 0.5) is 5.69 Å². The zero-order valence-corrected chi connectivity index (χ0v) is 21.8. The molecule has 5 rings (SSSR count). The molecule has 8 nitrogen and oxygen atoms in total. The number of ether oxygens (including phenoxy) is 2. The normalized spacial score (nSPS) is 10.6. The van der Waals surface area contributed by atoms with E-state index >= 15 is 0 Å². The van der Waals surface area contributed by atoms with Crippen molar-refractivity contribution in [3.8, 4) is 22.9 Å². The first-order valence-corrected chi connectivity index (χ1v) is 12.7. The fourth-order valence-corrected chi connectivity index (χ4v) is 4.26. The number of methoxy groups -OCH3 is 1. The van der Waals surface area contributed by atoms with Gasteiger partial charge in [0.15, 0.2) is 0 Å². The lowest BCUT2D eigenvalue weighted by Crippen LogP contribution is -2.29. The number of carbonyl (C=O) groups excluding carboxylic acids is 2. The van der Waals surface area contributed by atoms with Gasteiger partial charge in [0.2, 0.25) is 5.91 Å². The molecular formula is C32H27N3O5. The number of amides is 2. The number of rotatable bonds is 9. The molecule has 0 saturated carbocycles. The van der Waals surface area contributed by atoms with Crippen LogP contribution in [-0.2, 0) is 4.79 Å². The van der Waals surface area contributed by atoms with Crippen molar-refractivity contribution in [3.05, 3.63) is 125 Å². The third kappa shape index (κ3) is 6.02. The Labute approximate surface area is 230 Å². The van der Waals surface area contributed by atoms with Gasteiger partial charge in [-0.1, -0.05) is 42.5 Å². The Morgan fingerprint density at radius 2 is 1.45 bits per heavy atom. The number of nitrogens with zero attached hydrogens (tertiary/aromatic N) is 1. The van der Waals surface area contributed by atoms with Crippen LogP contribution >= 0.6 is 0 Å². The summed E-state index contributed by atoms with van der Waals surface area (Å²) in [6.45, 7) is 0.118. The Morgan fingerprint density at radius 3 is 2.20 bits per heavy atom. The van der Waals surface area contributed by atoms with E-state index in [1.54, 1.807) is 79.9 Å². The topological polar surface area (TPSA) is 98.7 Å². The molecule has 0 radical (unpaired) electrons. The molecule has 2 amide bonds. The highest BCUT2D eigenvalue weighted by Gasteiger charge is 2.16. The zero-order chi connectivity index (χ0) is 27.9. The summed E-state index contributed by atoms with van der Waals surface area (Å²) in [7, 11) is 1.55. The molecular weight excluding hydrogens is 506 g/mol. The summed E-state index contributed by atoms with van der Waals surface area (Å²) in [5.74, 6) is 1.33. The highest BCUT2D eigenvalue weighted by atomic mass is 16.5. The molecule has 0 atom stereocenters. The fraction of sp³-hybridized carbons (Fsp3) is 0.0938. The monoisotopic (exact) mass is 533 g/mol. The van der Waals surface area contributed by atoms with Gasteiger partial charge in [0, 0.05) is 41.7 Å². The molecule has 0 aliphatic rings. The van der Waals surface area contributed by atoms with E-state index in [4.69, 9.17) is 9.47 Å². The molecule has 8 heteroatoms. The fourth-order valence-electron chi connectivity index (χ4n) is 4.26. The summed E-state index contributed by atoms with van der Waals surface area (Å²) in [4.78, 5) is 38.9. The molecule has 1 heterocycles. The highest BCUT2D eigenvalue weighted by Crippen LogP contribution is 2.23. The summed E-state index contributed by atoms with van der Waals surface area (Å²) in [6.07, 6.45) is 1.59. The molecule has 2 N–H and O–H groups in total. The Kier molecular flexibility index (Phi) is 7.87. The number of carbonyl (C=O) groups is 2. The van der Waals surface area contributed by atoms with Crippen LogP contribution in [0.5, 0.6) is 17.2 Å². The second-order valence-corrected chi connectivity index (χ2v) is 8.96. The molecule has 0 aliphatic heterocycles. The third-order valence-electron chi connectivity index (χ3n) is 6.26. The van der Waals surface area contributed by atoms with E-state index in [0.717, 1.165) is 5.75 Å². The summed E-state index contributed by atoms with van der Waals surface area (Å²) in [5.41, 5.74) is 1.27. The average molecular weight is 534 g/mol. The quantitative estimate of drug-likeness (QED) is 0.259. The highest BCUT2D eigenvalue weighted by molar-refractivity contribution is 6.06. The molecule has 200 valence electrons. The standard InChI is InChI=1S/C32H27N3O5/c1-39-26-11-7-8-23(20-26)35-21-29(27-12-5-6-13-28(27)32(35)38)31(37)33-19-18-30(36)34-22-14-16-25(17-15-22)40-24-9-3-2-4-10-24/h2-17,20-21H,18-19H2,1H3,(H,33,37)(H,34,36).